The van der Waals surface area contributed by atoms with Gasteiger partial charge < -0.3 is 0 Å². The van der Waals surface area contributed by atoms with E-state index in [-0.39, 0.29) is 5.78 Å². The highest BCUT2D eigenvalue weighted by Crippen LogP contribution is 2.27. The molecular formula is C9H12N2OS2. The molecule has 1 aromatic heterocycles. The second-order valence-corrected chi connectivity index (χ2v) is 5.64. The van der Waals surface area contributed by atoms with Crippen molar-refractivity contribution in [3.63, 3.8) is 0 Å². The van der Waals surface area contributed by atoms with Crippen molar-refractivity contribution in [2.45, 2.75) is 25.5 Å². The fourth-order valence-corrected chi connectivity index (χ4v) is 2.23. The van der Waals surface area contributed by atoms with Crippen molar-refractivity contribution in [1.82, 2.24) is 9.78 Å². The highest BCUT2D eigenvalue weighted by atomic mass is 32.2. The van der Waals surface area contributed by atoms with Crippen LogP contribution in [0.2, 0.25) is 0 Å². The normalized spacial score (nSPS) is 11.4. The zero-order chi connectivity index (χ0) is 10.8. The van der Waals surface area contributed by atoms with Crippen LogP contribution in [-0.4, -0.2) is 24.6 Å². The minimum Gasteiger partial charge on any atom is -0.298 e. The van der Waals surface area contributed by atoms with Crippen LogP contribution in [0.3, 0.4) is 0 Å². The molecule has 0 radical (unpaired) electrons. The van der Waals surface area contributed by atoms with Gasteiger partial charge in [-0.05, 0) is 26.8 Å². The lowest BCUT2D eigenvalue weighted by molar-refractivity contribution is -0.118. The molecule has 0 saturated carbocycles. The smallest absolute Gasteiger partial charge is 0.162 e. The quantitative estimate of drug-likeness (QED) is 0.726. The van der Waals surface area contributed by atoms with Gasteiger partial charge in [0.15, 0.2) is 4.32 Å². The number of hydrogen-bond acceptors (Lipinski definition) is 4. The summed E-state index contributed by atoms with van der Waals surface area (Å²) in [5, 5.41) is 4.00. The molecular weight excluding hydrogens is 216 g/mol. The van der Waals surface area contributed by atoms with Crippen molar-refractivity contribution < 1.29 is 4.79 Å². The zero-order valence-corrected chi connectivity index (χ0v) is 9.98. The lowest BCUT2D eigenvalue weighted by atomic mass is 10.1. The third kappa shape index (κ3) is 2.65. The molecule has 5 heteroatoms. The van der Waals surface area contributed by atoms with Gasteiger partial charge >= 0.3 is 0 Å². The van der Waals surface area contributed by atoms with Gasteiger partial charge in [-0.15, -0.1) is 0 Å². The third-order valence-electron chi connectivity index (χ3n) is 1.88. The molecule has 0 aromatic carbocycles. The number of carbonyl (C=O) groups excluding carboxylic acids is 1. The maximum Gasteiger partial charge on any atom is 0.162 e. The predicted molar refractivity (Wildman–Crippen MR) is 62.6 cm³/mol. The van der Waals surface area contributed by atoms with E-state index in [1.165, 1.54) is 11.8 Å². The standard InChI is InChI=1S/C9H12N2OS2/c1-7(12)9(2,3)14-8(13)11-6-4-5-10-11/h4-6H,1-3H3. The molecule has 0 aliphatic carbocycles. The molecule has 0 fully saturated rings. The van der Waals surface area contributed by atoms with Crippen LogP contribution in [-0.2, 0) is 4.79 Å². The SMILES string of the molecule is CC(=O)C(C)(C)SC(=S)n1cccn1. The van der Waals surface area contributed by atoms with Gasteiger partial charge in [0.05, 0.1) is 4.75 Å². The van der Waals surface area contributed by atoms with Crippen LogP contribution in [0.1, 0.15) is 20.8 Å². The molecule has 0 saturated heterocycles. The van der Waals surface area contributed by atoms with E-state index in [1.807, 2.05) is 13.8 Å². The van der Waals surface area contributed by atoms with Crippen molar-refractivity contribution in [1.29, 1.82) is 0 Å². The van der Waals surface area contributed by atoms with E-state index in [9.17, 15) is 4.79 Å². The summed E-state index contributed by atoms with van der Waals surface area (Å²) in [6, 6.07) is 1.80. The zero-order valence-electron chi connectivity index (χ0n) is 8.35. The van der Waals surface area contributed by atoms with E-state index in [0.717, 1.165) is 0 Å². The van der Waals surface area contributed by atoms with Crippen molar-refractivity contribution in [3.05, 3.63) is 18.5 Å². The summed E-state index contributed by atoms with van der Waals surface area (Å²) in [5.74, 6) is 0.108. The largest absolute Gasteiger partial charge is 0.298 e. The fraction of sp³-hybridized carbons (Fsp3) is 0.444. The van der Waals surface area contributed by atoms with Crippen LogP contribution in [0, 0.1) is 0 Å². The van der Waals surface area contributed by atoms with Gasteiger partial charge in [0.2, 0.25) is 0 Å². The molecule has 1 rings (SSSR count). The van der Waals surface area contributed by atoms with Crippen LogP contribution in [0.25, 0.3) is 0 Å². The number of carbonyl (C=O) groups is 1. The van der Waals surface area contributed by atoms with Crippen LogP contribution in [0.15, 0.2) is 18.5 Å². The molecule has 0 aliphatic heterocycles. The minimum atomic E-state index is -0.483. The van der Waals surface area contributed by atoms with Crippen LogP contribution in [0.5, 0.6) is 0 Å². The first-order chi connectivity index (χ1) is 6.43. The number of thiocarbonyl (C=S) groups is 1. The van der Waals surface area contributed by atoms with Crippen molar-refractivity contribution in [2.75, 3.05) is 0 Å². The lowest BCUT2D eigenvalue weighted by Gasteiger charge is -2.20. The molecule has 0 amide bonds. The first-order valence-electron chi connectivity index (χ1n) is 4.17. The number of hydrogen-bond donors (Lipinski definition) is 0. The summed E-state index contributed by atoms with van der Waals surface area (Å²) in [7, 11) is 0. The Balaban J connectivity index is 2.71. The molecule has 3 nitrogen and oxygen atoms in total. The van der Waals surface area contributed by atoms with Gasteiger partial charge in [0.25, 0.3) is 0 Å². The van der Waals surface area contributed by atoms with E-state index in [0.29, 0.717) is 4.32 Å². The topological polar surface area (TPSA) is 34.9 Å². The molecule has 1 heterocycles. The average molecular weight is 228 g/mol. The monoisotopic (exact) mass is 228 g/mol. The Morgan fingerprint density at radius 2 is 2.21 bits per heavy atom. The van der Waals surface area contributed by atoms with Gasteiger partial charge in [0.1, 0.15) is 5.78 Å². The van der Waals surface area contributed by atoms with Gasteiger partial charge in [0, 0.05) is 12.4 Å². The Labute approximate surface area is 92.9 Å². The fourth-order valence-electron chi connectivity index (χ4n) is 0.714. The summed E-state index contributed by atoms with van der Waals surface area (Å²) in [5.41, 5.74) is 0. The summed E-state index contributed by atoms with van der Waals surface area (Å²) in [6.07, 6.45) is 3.43. The number of ketones is 1. The number of aromatic nitrogens is 2. The summed E-state index contributed by atoms with van der Waals surface area (Å²) >= 11 is 6.50. The number of Topliss-reactive ketones (excluding diaryl/α,β-unsaturated/α-hetero) is 1. The minimum absolute atomic E-state index is 0.108. The van der Waals surface area contributed by atoms with E-state index in [2.05, 4.69) is 5.10 Å². The molecule has 0 spiro atoms. The Morgan fingerprint density at radius 3 is 2.64 bits per heavy atom. The highest BCUT2D eigenvalue weighted by Gasteiger charge is 2.26. The second kappa shape index (κ2) is 4.23. The Kier molecular flexibility index (Phi) is 3.44. The van der Waals surface area contributed by atoms with Crippen molar-refractivity contribution >= 4 is 34.1 Å². The summed E-state index contributed by atoms with van der Waals surface area (Å²) < 4.78 is 1.70. The van der Waals surface area contributed by atoms with Crippen molar-refractivity contribution in [3.8, 4) is 0 Å². The van der Waals surface area contributed by atoms with Gasteiger partial charge in [-0.1, -0.05) is 24.0 Å². The predicted octanol–water partition coefficient (Wildman–Crippen LogP) is 2.12. The van der Waals surface area contributed by atoms with E-state index >= 15 is 0 Å². The van der Waals surface area contributed by atoms with Gasteiger partial charge in [-0.3, -0.25) is 4.79 Å². The van der Waals surface area contributed by atoms with Crippen LogP contribution in [0.4, 0.5) is 0 Å². The highest BCUT2D eigenvalue weighted by molar-refractivity contribution is 8.24. The van der Waals surface area contributed by atoms with E-state index in [1.54, 1.807) is 30.1 Å². The number of rotatable bonds is 2. The maximum atomic E-state index is 11.3. The Morgan fingerprint density at radius 1 is 1.57 bits per heavy atom. The first-order valence-corrected chi connectivity index (χ1v) is 5.40. The third-order valence-corrected chi connectivity index (χ3v) is 3.48. The molecule has 1 aromatic rings. The maximum absolute atomic E-state index is 11.3. The molecule has 0 bridgehead atoms. The molecule has 76 valence electrons. The second-order valence-electron chi connectivity index (χ2n) is 3.39. The van der Waals surface area contributed by atoms with Gasteiger partial charge in [-0.25, -0.2) is 4.68 Å². The molecule has 0 N–H and O–H groups in total. The van der Waals surface area contributed by atoms with Gasteiger partial charge in [-0.2, -0.15) is 5.10 Å². The van der Waals surface area contributed by atoms with Crippen LogP contribution < -0.4 is 0 Å². The molecule has 0 atom stereocenters. The van der Waals surface area contributed by atoms with Crippen molar-refractivity contribution in [2.24, 2.45) is 0 Å². The molecule has 0 unspecified atom stereocenters. The lowest BCUT2D eigenvalue weighted by Crippen LogP contribution is -2.28. The number of thioether (sulfide) groups is 1. The molecule has 0 aliphatic rings. The Hall–Kier alpha value is -0.680. The Bertz CT molecular complexity index is 344. The van der Waals surface area contributed by atoms with E-state index in [4.69, 9.17) is 12.2 Å². The average Bonchev–Trinajstić information content (AvgIpc) is 2.54. The van der Waals surface area contributed by atoms with E-state index < -0.39 is 4.75 Å². The summed E-state index contributed by atoms with van der Waals surface area (Å²) in [4.78, 5) is 11.3. The number of nitrogens with zero attached hydrogens (tertiary/aromatic N) is 2. The first kappa shape index (κ1) is 11.4. The summed E-state index contributed by atoms with van der Waals surface area (Å²) in [6.45, 7) is 5.28. The van der Waals surface area contributed by atoms with Crippen LogP contribution >= 0.6 is 24.0 Å². The molecule has 14 heavy (non-hydrogen) atoms.